The molecule has 0 aliphatic heterocycles. The molecule has 0 aromatic rings. The van der Waals surface area contributed by atoms with Crippen LogP contribution in [0.25, 0.3) is 0 Å². The van der Waals surface area contributed by atoms with Crippen molar-refractivity contribution in [3.05, 3.63) is 23.9 Å². The van der Waals surface area contributed by atoms with Crippen LogP contribution in [-0.2, 0) is 9.53 Å². The number of hydrogen-bond acceptors (Lipinski definition) is 4. The Labute approximate surface area is 122 Å². The highest BCUT2D eigenvalue weighted by atomic mass is 16.5. The van der Waals surface area contributed by atoms with Gasteiger partial charge in [0.15, 0.2) is 0 Å². The fraction of sp³-hybridized carbons (Fsp3) is 0.625. The third kappa shape index (κ3) is 9.21. The fourth-order valence-electron chi connectivity index (χ4n) is 1.63. The summed E-state index contributed by atoms with van der Waals surface area (Å²) in [4.78, 5) is 13.6. The molecule has 1 unspecified atom stereocenters. The quantitative estimate of drug-likeness (QED) is 0.213. The Hall–Kier alpha value is -1.76. The molecule has 20 heavy (non-hydrogen) atoms. The van der Waals surface area contributed by atoms with E-state index >= 15 is 0 Å². The highest BCUT2D eigenvalue weighted by Gasteiger charge is 2.13. The summed E-state index contributed by atoms with van der Waals surface area (Å²) >= 11 is 0. The van der Waals surface area contributed by atoms with Crippen molar-refractivity contribution < 1.29 is 9.53 Å². The summed E-state index contributed by atoms with van der Waals surface area (Å²) in [6.07, 6.45) is 10.2. The lowest BCUT2D eigenvalue weighted by Crippen LogP contribution is -2.16. The molecule has 0 aromatic heterocycles. The van der Waals surface area contributed by atoms with Crippen molar-refractivity contribution in [2.45, 2.75) is 52.1 Å². The highest BCUT2D eigenvalue weighted by Crippen LogP contribution is 2.10. The van der Waals surface area contributed by atoms with E-state index in [4.69, 9.17) is 10.00 Å². The summed E-state index contributed by atoms with van der Waals surface area (Å²) in [5.41, 5.74) is 0.0310. The lowest BCUT2D eigenvalue weighted by molar-refractivity contribution is -0.143. The number of allylic oxidation sites excluding steroid dienone is 2. The van der Waals surface area contributed by atoms with Crippen LogP contribution in [-0.4, -0.2) is 31.1 Å². The van der Waals surface area contributed by atoms with E-state index in [1.807, 2.05) is 32.0 Å². The smallest absolute Gasteiger partial charge is 0.349 e. The standard InChI is InChI=1S/C16H26N2O2/c1-5-6-7-8-10-14(2)20-16(19)15(13-17)11-9-12-18(3)4/h9,11-12,14H,5-8,10H2,1-4H3. The van der Waals surface area contributed by atoms with Crippen LogP contribution in [0.3, 0.4) is 0 Å². The number of rotatable bonds is 9. The van der Waals surface area contributed by atoms with Crippen LogP contribution >= 0.6 is 0 Å². The topological polar surface area (TPSA) is 53.3 Å². The summed E-state index contributed by atoms with van der Waals surface area (Å²) in [6, 6.07) is 1.87. The predicted molar refractivity (Wildman–Crippen MR) is 80.8 cm³/mol. The second kappa shape index (κ2) is 11.1. The zero-order chi connectivity index (χ0) is 15.4. The molecule has 0 spiro atoms. The lowest BCUT2D eigenvalue weighted by atomic mass is 10.1. The maximum atomic E-state index is 11.8. The zero-order valence-electron chi connectivity index (χ0n) is 13.1. The molecular weight excluding hydrogens is 252 g/mol. The maximum absolute atomic E-state index is 11.8. The number of nitrogens with zero attached hydrogens (tertiary/aromatic N) is 2. The summed E-state index contributed by atoms with van der Waals surface area (Å²) in [7, 11) is 3.74. The zero-order valence-corrected chi connectivity index (χ0v) is 13.1. The molecule has 0 aliphatic rings. The molecule has 4 nitrogen and oxygen atoms in total. The Kier molecular flexibility index (Phi) is 10.1. The van der Waals surface area contributed by atoms with E-state index in [-0.39, 0.29) is 11.7 Å². The Morgan fingerprint density at radius 2 is 2.05 bits per heavy atom. The molecule has 0 N–H and O–H groups in total. The normalized spacial score (nSPS) is 13.1. The third-order valence-electron chi connectivity index (χ3n) is 2.76. The minimum Gasteiger partial charge on any atom is -0.459 e. The number of hydrogen-bond donors (Lipinski definition) is 0. The van der Waals surface area contributed by atoms with Crippen LogP contribution in [0.2, 0.25) is 0 Å². The number of esters is 1. The van der Waals surface area contributed by atoms with E-state index in [1.165, 1.54) is 18.9 Å². The van der Waals surface area contributed by atoms with Crippen LogP contribution < -0.4 is 0 Å². The van der Waals surface area contributed by atoms with E-state index in [9.17, 15) is 4.79 Å². The molecule has 1 atom stereocenters. The number of unbranched alkanes of at least 4 members (excludes halogenated alkanes) is 3. The Morgan fingerprint density at radius 1 is 1.35 bits per heavy atom. The molecule has 0 radical (unpaired) electrons. The molecule has 4 heteroatoms. The van der Waals surface area contributed by atoms with Gasteiger partial charge in [0.2, 0.25) is 0 Å². The monoisotopic (exact) mass is 278 g/mol. The second-order valence-electron chi connectivity index (χ2n) is 5.06. The van der Waals surface area contributed by atoms with E-state index in [0.29, 0.717) is 0 Å². The first-order valence-corrected chi connectivity index (χ1v) is 7.17. The van der Waals surface area contributed by atoms with E-state index in [0.717, 1.165) is 19.3 Å². The Balaban J connectivity index is 4.25. The van der Waals surface area contributed by atoms with Crippen LogP contribution in [0.1, 0.15) is 46.0 Å². The maximum Gasteiger partial charge on any atom is 0.349 e. The van der Waals surface area contributed by atoms with Gasteiger partial charge in [-0.3, -0.25) is 0 Å². The molecule has 0 fully saturated rings. The van der Waals surface area contributed by atoms with Gasteiger partial charge in [0.25, 0.3) is 0 Å². The minimum atomic E-state index is -0.543. The minimum absolute atomic E-state index is 0.0310. The van der Waals surface area contributed by atoms with Gasteiger partial charge in [0, 0.05) is 14.1 Å². The summed E-state index contributed by atoms with van der Waals surface area (Å²) < 4.78 is 5.26. The van der Waals surface area contributed by atoms with Crippen molar-refractivity contribution >= 4 is 5.97 Å². The van der Waals surface area contributed by atoms with Gasteiger partial charge < -0.3 is 9.64 Å². The molecular formula is C16H26N2O2. The van der Waals surface area contributed by atoms with Crippen molar-refractivity contribution in [3.63, 3.8) is 0 Å². The molecule has 112 valence electrons. The molecule has 0 saturated heterocycles. The summed E-state index contributed by atoms with van der Waals surface area (Å²) in [6.45, 7) is 4.03. The molecule has 0 aromatic carbocycles. The van der Waals surface area contributed by atoms with E-state index < -0.39 is 5.97 Å². The van der Waals surface area contributed by atoms with Gasteiger partial charge >= 0.3 is 5.97 Å². The fourth-order valence-corrected chi connectivity index (χ4v) is 1.63. The van der Waals surface area contributed by atoms with Crippen molar-refractivity contribution in [1.82, 2.24) is 4.90 Å². The van der Waals surface area contributed by atoms with E-state index in [1.54, 1.807) is 12.3 Å². The largest absolute Gasteiger partial charge is 0.459 e. The molecule has 0 heterocycles. The van der Waals surface area contributed by atoms with Gasteiger partial charge in [-0.25, -0.2) is 4.79 Å². The van der Waals surface area contributed by atoms with Crippen LogP contribution in [0.4, 0.5) is 0 Å². The summed E-state index contributed by atoms with van der Waals surface area (Å²) in [5.74, 6) is -0.543. The highest BCUT2D eigenvalue weighted by molar-refractivity contribution is 5.93. The SMILES string of the molecule is CCCCCCC(C)OC(=O)C(C#N)=CC=CN(C)C. The number of carbonyl (C=O) groups excluding carboxylic acids is 1. The van der Waals surface area contributed by atoms with Crippen molar-refractivity contribution in [1.29, 1.82) is 5.26 Å². The van der Waals surface area contributed by atoms with Crippen molar-refractivity contribution in [2.24, 2.45) is 0 Å². The van der Waals surface area contributed by atoms with Gasteiger partial charge in [0.05, 0.1) is 6.10 Å². The number of carbonyl (C=O) groups is 1. The van der Waals surface area contributed by atoms with Gasteiger partial charge in [-0.2, -0.15) is 5.26 Å². The predicted octanol–water partition coefficient (Wildman–Crippen LogP) is 3.41. The molecule has 0 amide bonds. The van der Waals surface area contributed by atoms with Crippen molar-refractivity contribution in [2.75, 3.05) is 14.1 Å². The van der Waals surface area contributed by atoms with Gasteiger partial charge in [-0.15, -0.1) is 0 Å². The average Bonchev–Trinajstić information content (AvgIpc) is 2.39. The van der Waals surface area contributed by atoms with Gasteiger partial charge in [-0.05, 0) is 38.1 Å². The van der Waals surface area contributed by atoms with Gasteiger partial charge in [0.1, 0.15) is 11.6 Å². The van der Waals surface area contributed by atoms with Crippen LogP contribution in [0.5, 0.6) is 0 Å². The van der Waals surface area contributed by atoms with Crippen molar-refractivity contribution in [3.8, 4) is 6.07 Å². The number of ether oxygens (including phenoxy) is 1. The first kappa shape index (κ1) is 18.2. The molecule has 0 saturated carbocycles. The average molecular weight is 278 g/mol. The molecule has 0 aliphatic carbocycles. The van der Waals surface area contributed by atoms with Crippen LogP contribution in [0, 0.1) is 11.3 Å². The Bertz CT molecular complexity index is 378. The lowest BCUT2D eigenvalue weighted by Gasteiger charge is -2.12. The summed E-state index contributed by atoms with van der Waals surface area (Å²) in [5, 5.41) is 8.95. The molecule has 0 rings (SSSR count). The number of nitriles is 1. The van der Waals surface area contributed by atoms with E-state index in [2.05, 4.69) is 6.92 Å². The third-order valence-corrected chi connectivity index (χ3v) is 2.76. The van der Waals surface area contributed by atoms with Crippen LogP contribution in [0.15, 0.2) is 23.9 Å². The first-order chi connectivity index (χ1) is 9.51. The Morgan fingerprint density at radius 3 is 2.60 bits per heavy atom. The van der Waals surface area contributed by atoms with Gasteiger partial charge in [-0.1, -0.05) is 26.2 Å². The second-order valence-corrected chi connectivity index (χ2v) is 5.06. The molecule has 0 bridgehead atoms. The first-order valence-electron chi connectivity index (χ1n) is 7.17.